The zero-order chi connectivity index (χ0) is 13.7. The molecule has 4 nitrogen and oxygen atoms in total. The fourth-order valence-corrected chi connectivity index (χ4v) is 2.50. The van der Waals surface area contributed by atoms with Gasteiger partial charge in [0.05, 0.1) is 6.54 Å². The smallest absolute Gasteiger partial charge is 0.242 e. The van der Waals surface area contributed by atoms with Gasteiger partial charge in [-0.3, -0.25) is 4.79 Å². The highest BCUT2D eigenvalue weighted by Crippen LogP contribution is 2.17. The molecule has 1 aromatic carbocycles. The number of aliphatic hydroxyl groups is 1. The monoisotopic (exact) mass is 262 g/mol. The quantitative estimate of drug-likeness (QED) is 0.871. The van der Waals surface area contributed by atoms with E-state index in [1.54, 1.807) is 0 Å². The Balaban J connectivity index is 1.94. The lowest BCUT2D eigenvalue weighted by molar-refractivity contribution is -0.128. The molecule has 1 atom stereocenters. The molecule has 0 radical (unpaired) electrons. The van der Waals surface area contributed by atoms with Gasteiger partial charge in [-0.25, -0.2) is 0 Å². The molecular weight excluding hydrogens is 240 g/mol. The van der Waals surface area contributed by atoms with Crippen molar-refractivity contribution in [3.8, 4) is 0 Å². The van der Waals surface area contributed by atoms with Gasteiger partial charge in [-0.2, -0.15) is 0 Å². The average molecular weight is 262 g/mol. The summed E-state index contributed by atoms with van der Waals surface area (Å²) >= 11 is 0. The predicted molar refractivity (Wildman–Crippen MR) is 76.1 cm³/mol. The fourth-order valence-electron chi connectivity index (χ4n) is 2.50. The van der Waals surface area contributed by atoms with Crippen LogP contribution in [0.4, 0.5) is 5.69 Å². The number of hydrogen-bond donors (Lipinski definition) is 1. The number of aliphatic hydroxyl groups excluding tert-OH is 1. The molecule has 1 heterocycles. The number of carbonyl (C=O) groups is 1. The van der Waals surface area contributed by atoms with Crippen molar-refractivity contribution >= 4 is 11.6 Å². The van der Waals surface area contributed by atoms with Crippen molar-refractivity contribution in [3.63, 3.8) is 0 Å². The van der Waals surface area contributed by atoms with Crippen LogP contribution in [0.15, 0.2) is 30.3 Å². The molecule has 0 spiro atoms. The van der Waals surface area contributed by atoms with Crippen molar-refractivity contribution in [1.29, 1.82) is 0 Å². The van der Waals surface area contributed by atoms with Crippen molar-refractivity contribution in [1.82, 2.24) is 4.90 Å². The van der Waals surface area contributed by atoms with Gasteiger partial charge < -0.3 is 14.9 Å². The Morgan fingerprint density at radius 3 is 2.74 bits per heavy atom. The third-order valence-corrected chi connectivity index (χ3v) is 3.73. The van der Waals surface area contributed by atoms with Gasteiger partial charge in [-0.15, -0.1) is 0 Å². The van der Waals surface area contributed by atoms with E-state index >= 15 is 0 Å². The standard InChI is InChI=1S/C15H22N2O2/c1-2-16(14-6-4-3-5-7-14)11-15(19)17-9-8-13(10-17)12-18/h3-7,13,18H,2,8-12H2,1H3. The topological polar surface area (TPSA) is 43.8 Å². The van der Waals surface area contributed by atoms with E-state index < -0.39 is 0 Å². The lowest BCUT2D eigenvalue weighted by atomic mass is 10.1. The van der Waals surface area contributed by atoms with Crippen LogP contribution in [0.3, 0.4) is 0 Å². The maximum atomic E-state index is 12.3. The van der Waals surface area contributed by atoms with E-state index in [2.05, 4.69) is 11.8 Å². The number of carbonyl (C=O) groups excluding carboxylic acids is 1. The van der Waals surface area contributed by atoms with Crippen molar-refractivity contribution in [3.05, 3.63) is 30.3 Å². The normalized spacial score (nSPS) is 18.6. The molecule has 0 aromatic heterocycles. The van der Waals surface area contributed by atoms with Crippen LogP contribution >= 0.6 is 0 Å². The first-order chi connectivity index (χ1) is 9.24. The SMILES string of the molecule is CCN(CC(=O)N1CCC(CO)C1)c1ccccc1. The lowest BCUT2D eigenvalue weighted by Gasteiger charge is -2.25. The minimum Gasteiger partial charge on any atom is -0.396 e. The maximum Gasteiger partial charge on any atom is 0.242 e. The summed E-state index contributed by atoms with van der Waals surface area (Å²) in [5, 5.41) is 9.12. The third-order valence-electron chi connectivity index (χ3n) is 3.73. The number of likely N-dealkylation sites (tertiary alicyclic amines) is 1. The van der Waals surface area contributed by atoms with Crippen LogP contribution in [-0.4, -0.2) is 48.7 Å². The van der Waals surface area contributed by atoms with Crippen LogP contribution in [0.1, 0.15) is 13.3 Å². The highest BCUT2D eigenvalue weighted by molar-refractivity contribution is 5.81. The van der Waals surface area contributed by atoms with Crippen LogP contribution in [-0.2, 0) is 4.79 Å². The first-order valence-corrected chi connectivity index (χ1v) is 6.93. The van der Waals surface area contributed by atoms with E-state index in [4.69, 9.17) is 5.11 Å². The average Bonchev–Trinajstić information content (AvgIpc) is 2.94. The summed E-state index contributed by atoms with van der Waals surface area (Å²) in [6.45, 7) is 4.94. The molecular formula is C15H22N2O2. The molecule has 1 fully saturated rings. The third kappa shape index (κ3) is 3.47. The van der Waals surface area contributed by atoms with Gasteiger partial charge in [-0.05, 0) is 25.5 Å². The summed E-state index contributed by atoms with van der Waals surface area (Å²) in [6, 6.07) is 10.0. The van der Waals surface area contributed by atoms with E-state index in [0.29, 0.717) is 13.1 Å². The van der Waals surface area contributed by atoms with E-state index in [9.17, 15) is 4.79 Å². The second-order valence-electron chi connectivity index (χ2n) is 5.03. The summed E-state index contributed by atoms with van der Waals surface area (Å²) in [5.41, 5.74) is 1.08. The number of likely N-dealkylation sites (N-methyl/N-ethyl adjacent to an activating group) is 1. The Hall–Kier alpha value is -1.55. The van der Waals surface area contributed by atoms with Gasteiger partial charge in [0.1, 0.15) is 0 Å². The molecule has 104 valence electrons. The molecule has 0 saturated carbocycles. The number of para-hydroxylation sites is 1. The first-order valence-electron chi connectivity index (χ1n) is 6.93. The first kappa shape index (κ1) is 13.9. The summed E-state index contributed by atoms with van der Waals surface area (Å²) in [7, 11) is 0. The minimum atomic E-state index is 0.154. The van der Waals surface area contributed by atoms with Crippen molar-refractivity contribution in [2.45, 2.75) is 13.3 Å². The lowest BCUT2D eigenvalue weighted by Crippen LogP contribution is -2.39. The van der Waals surface area contributed by atoms with Gasteiger partial charge in [0.2, 0.25) is 5.91 Å². The van der Waals surface area contributed by atoms with E-state index in [0.717, 1.165) is 25.2 Å². The highest BCUT2D eigenvalue weighted by atomic mass is 16.3. The number of benzene rings is 1. The molecule has 2 rings (SSSR count). The van der Waals surface area contributed by atoms with Gasteiger partial charge in [0, 0.05) is 37.8 Å². The molecule has 1 aliphatic rings. The molecule has 1 saturated heterocycles. The van der Waals surface area contributed by atoms with Crippen molar-refractivity contribution in [2.24, 2.45) is 5.92 Å². The van der Waals surface area contributed by atoms with Gasteiger partial charge in [0.15, 0.2) is 0 Å². The molecule has 19 heavy (non-hydrogen) atoms. The van der Waals surface area contributed by atoms with Crippen LogP contribution in [0.5, 0.6) is 0 Å². The van der Waals surface area contributed by atoms with E-state index in [1.807, 2.05) is 35.2 Å². The van der Waals surface area contributed by atoms with Crippen molar-refractivity contribution < 1.29 is 9.90 Å². The summed E-state index contributed by atoms with van der Waals surface area (Å²) in [4.78, 5) is 16.2. The zero-order valence-electron chi connectivity index (χ0n) is 11.5. The second kappa shape index (κ2) is 6.57. The summed E-state index contributed by atoms with van der Waals surface area (Å²) in [6.07, 6.45) is 0.916. The Labute approximate surface area is 114 Å². The predicted octanol–water partition coefficient (Wildman–Crippen LogP) is 1.35. The molecule has 1 amide bonds. The van der Waals surface area contributed by atoms with Gasteiger partial charge >= 0.3 is 0 Å². The molecule has 1 aromatic rings. The number of hydrogen-bond acceptors (Lipinski definition) is 3. The Kier molecular flexibility index (Phi) is 4.80. The second-order valence-corrected chi connectivity index (χ2v) is 5.03. The Morgan fingerprint density at radius 1 is 1.42 bits per heavy atom. The molecule has 1 N–H and O–H groups in total. The number of anilines is 1. The van der Waals surface area contributed by atoms with Gasteiger partial charge in [0.25, 0.3) is 0 Å². The molecule has 4 heteroatoms. The Bertz CT molecular complexity index is 408. The van der Waals surface area contributed by atoms with Crippen LogP contribution in [0, 0.1) is 5.92 Å². The molecule has 1 aliphatic heterocycles. The van der Waals surface area contributed by atoms with Crippen LogP contribution < -0.4 is 4.90 Å². The zero-order valence-corrected chi connectivity index (χ0v) is 11.5. The summed E-state index contributed by atoms with van der Waals surface area (Å²) < 4.78 is 0. The number of amides is 1. The highest BCUT2D eigenvalue weighted by Gasteiger charge is 2.26. The molecule has 0 aliphatic carbocycles. The summed E-state index contributed by atoms with van der Waals surface area (Å²) in [5.74, 6) is 0.414. The molecule has 1 unspecified atom stereocenters. The van der Waals surface area contributed by atoms with E-state index in [-0.39, 0.29) is 18.4 Å². The van der Waals surface area contributed by atoms with Crippen LogP contribution in [0.25, 0.3) is 0 Å². The van der Waals surface area contributed by atoms with Gasteiger partial charge in [-0.1, -0.05) is 18.2 Å². The fraction of sp³-hybridized carbons (Fsp3) is 0.533. The minimum absolute atomic E-state index is 0.154. The van der Waals surface area contributed by atoms with E-state index in [1.165, 1.54) is 0 Å². The van der Waals surface area contributed by atoms with Crippen molar-refractivity contribution in [2.75, 3.05) is 37.7 Å². The van der Waals surface area contributed by atoms with Crippen LogP contribution in [0.2, 0.25) is 0 Å². The number of rotatable bonds is 5. The maximum absolute atomic E-state index is 12.3. The molecule has 0 bridgehead atoms. The number of nitrogens with zero attached hydrogens (tertiary/aromatic N) is 2. The Morgan fingerprint density at radius 2 is 2.16 bits per heavy atom. The largest absolute Gasteiger partial charge is 0.396 e.